The summed E-state index contributed by atoms with van der Waals surface area (Å²) in [5.41, 5.74) is 2.22. The van der Waals surface area contributed by atoms with Gasteiger partial charge >= 0.3 is 0 Å². The summed E-state index contributed by atoms with van der Waals surface area (Å²) in [5, 5.41) is 3.12. The van der Waals surface area contributed by atoms with Crippen LogP contribution in [-0.2, 0) is 32.6 Å². The number of hydrogen-bond donors (Lipinski definition) is 1. The molecule has 10 heteroatoms. The Morgan fingerprint density at radius 1 is 0.894 bits per heavy atom. The van der Waals surface area contributed by atoms with Gasteiger partial charge in [0.25, 0.3) is 10.0 Å². The van der Waals surface area contributed by atoms with E-state index in [1.807, 2.05) is 37.3 Å². The van der Waals surface area contributed by atoms with E-state index in [4.69, 9.17) is 4.74 Å². The summed E-state index contributed by atoms with van der Waals surface area (Å²) in [5.74, 6) is -1.05. The number of sulfonamides is 1. The number of ether oxygens (including phenoxy) is 1. The van der Waals surface area contributed by atoms with Gasteiger partial charge in [-0.05, 0) is 67.8 Å². The summed E-state index contributed by atoms with van der Waals surface area (Å²) in [4.78, 5) is 29.9. The van der Waals surface area contributed by atoms with Crippen LogP contribution < -0.4 is 14.4 Å². The zero-order valence-electron chi connectivity index (χ0n) is 26.6. The first-order valence-electron chi connectivity index (χ1n) is 15.8. The van der Waals surface area contributed by atoms with Crippen molar-refractivity contribution in [1.82, 2.24) is 10.2 Å². The molecule has 0 radical (unpaired) electrons. The standard InChI is InChI=1S/C37H40FN3O5S/c1-27-16-18-31(19-17-27)41(47(44,45)33-22-20-32(46-2)21-23-33)26-36(42)40(25-29-12-6-9-15-34(29)38)35(24-28-10-4-3-5-11-28)37(43)39-30-13-7-8-14-30/h3-6,9-12,15-23,30,35H,7-8,13-14,24-26H2,1-2H3,(H,39,43)/t35-/m0/s1. The lowest BCUT2D eigenvalue weighted by molar-refractivity contribution is -0.140. The quantitative estimate of drug-likeness (QED) is 0.189. The number of nitrogens with one attached hydrogen (secondary N) is 1. The fraction of sp³-hybridized carbons (Fsp3) is 0.297. The number of amides is 2. The van der Waals surface area contributed by atoms with Crippen molar-refractivity contribution in [3.8, 4) is 5.75 Å². The van der Waals surface area contributed by atoms with Crippen LogP contribution in [0.5, 0.6) is 5.75 Å². The van der Waals surface area contributed by atoms with E-state index in [0.717, 1.165) is 41.1 Å². The third-order valence-electron chi connectivity index (χ3n) is 8.52. The number of hydrogen-bond acceptors (Lipinski definition) is 5. The lowest BCUT2D eigenvalue weighted by atomic mass is 10.0. The van der Waals surface area contributed by atoms with Gasteiger partial charge in [0.2, 0.25) is 11.8 Å². The highest BCUT2D eigenvalue weighted by Gasteiger charge is 2.36. The Balaban J connectivity index is 1.56. The zero-order chi connectivity index (χ0) is 33.4. The maximum atomic E-state index is 15.1. The number of benzene rings is 4. The fourth-order valence-electron chi connectivity index (χ4n) is 5.85. The SMILES string of the molecule is COc1ccc(S(=O)(=O)N(CC(=O)N(Cc2ccccc2F)[C@@H](Cc2ccccc2)C(=O)NC2CCCC2)c2ccc(C)cc2)cc1. The number of halogens is 1. The van der Waals surface area contributed by atoms with Crippen molar-refractivity contribution >= 4 is 27.5 Å². The minimum Gasteiger partial charge on any atom is -0.497 e. The first-order chi connectivity index (χ1) is 22.7. The summed E-state index contributed by atoms with van der Waals surface area (Å²) < 4.78 is 49.7. The van der Waals surface area contributed by atoms with Gasteiger partial charge < -0.3 is 15.0 Å². The molecular formula is C37H40FN3O5S. The lowest BCUT2D eigenvalue weighted by Crippen LogP contribution is -2.54. The van der Waals surface area contributed by atoms with Gasteiger partial charge in [-0.25, -0.2) is 12.8 Å². The Labute approximate surface area is 276 Å². The van der Waals surface area contributed by atoms with Crippen LogP contribution in [0.25, 0.3) is 0 Å². The minimum atomic E-state index is -4.27. The summed E-state index contributed by atoms with van der Waals surface area (Å²) in [7, 11) is -2.78. The molecule has 0 unspecified atom stereocenters. The predicted octanol–water partition coefficient (Wildman–Crippen LogP) is 6.04. The molecule has 0 heterocycles. The maximum absolute atomic E-state index is 15.1. The molecule has 0 bridgehead atoms. The van der Waals surface area contributed by atoms with Crippen molar-refractivity contribution in [3.63, 3.8) is 0 Å². The number of methoxy groups -OCH3 is 1. The lowest BCUT2D eigenvalue weighted by Gasteiger charge is -2.34. The average Bonchev–Trinajstić information content (AvgIpc) is 3.60. The largest absolute Gasteiger partial charge is 0.497 e. The van der Waals surface area contributed by atoms with Crippen molar-refractivity contribution in [3.05, 3.63) is 126 Å². The smallest absolute Gasteiger partial charge is 0.264 e. The van der Waals surface area contributed by atoms with Crippen molar-refractivity contribution in [2.24, 2.45) is 0 Å². The maximum Gasteiger partial charge on any atom is 0.264 e. The van der Waals surface area contributed by atoms with Crippen LogP contribution in [0, 0.1) is 12.7 Å². The zero-order valence-corrected chi connectivity index (χ0v) is 27.5. The monoisotopic (exact) mass is 657 g/mol. The van der Waals surface area contributed by atoms with E-state index >= 15 is 4.39 Å². The van der Waals surface area contributed by atoms with Crippen LogP contribution in [-0.4, -0.2) is 50.9 Å². The molecule has 246 valence electrons. The second-order valence-corrected chi connectivity index (χ2v) is 13.7. The van der Waals surface area contributed by atoms with E-state index in [1.54, 1.807) is 42.5 Å². The third kappa shape index (κ3) is 8.37. The first-order valence-corrected chi connectivity index (χ1v) is 17.2. The van der Waals surface area contributed by atoms with Crippen molar-refractivity contribution in [2.75, 3.05) is 18.0 Å². The van der Waals surface area contributed by atoms with Crippen molar-refractivity contribution in [2.45, 2.75) is 62.6 Å². The number of anilines is 1. The van der Waals surface area contributed by atoms with Gasteiger partial charge in [-0.1, -0.05) is 79.1 Å². The number of nitrogens with zero attached hydrogens (tertiary/aromatic N) is 2. The van der Waals surface area contributed by atoms with E-state index in [9.17, 15) is 18.0 Å². The molecule has 47 heavy (non-hydrogen) atoms. The molecule has 0 saturated heterocycles. The molecule has 5 rings (SSSR count). The molecule has 0 spiro atoms. The van der Waals surface area contributed by atoms with Crippen LogP contribution in [0.3, 0.4) is 0 Å². The molecular weight excluding hydrogens is 617 g/mol. The average molecular weight is 658 g/mol. The van der Waals surface area contributed by atoms with Gasteiger partial charge in [0.05, 0.1) is 17.7 Å². The second kappa shape index (κ2) is 15.3. The summed E-state index contributed by atoms with van der Waals surface area (Å²) >= 11 is 0. The van der Waals surface area contributed by atoms with E-state index < -0.39 is 34.3 Å². The highest BCUT2D eigenvalue weighted by atomic mass is 32.2. The van der Waals surface area contributed by atoms with Gasteiger partial charge in [-0.15, -0.1) is 0 Å². The molecule has 4 aromatic rings. The van der Waals surface area contributed by atoms with E-state index in [1.165, 1.54) is 42.3 Å². The predicted molar refractivity (Wildman–Crippen MR) is 180 cm³/mol. The first kappa shape index (κ1) is 33.7. The van der Waals surface area contributed by atoms with Crippen LogP contribution in [0.1, 0.15) is 42.4 Å². The highest BCUT2D eigenvalue weighted by molar-refractivity contribution is 7.92. The molecule has 4 aromatic carbocycles. The van der Waals surface area contributed by atoms with E-state index in [0.29, 0.717) is 5.75 Å². The Hall–Kier alpha value is -4.70. The Kier molecular flexibility index (Phi) is 10.9. The normalized spacial score (nSPS) is 13.9. The van der Waals surface area contributed by atoms with Gasteiger partial charge in [0.15, 0.2) is 0 Å². The summed E-state index contributed by atoms with van der Waals surface area (Å²) in [6.07, 6.45) is 3.84. The van der Waals surface area contributed by atoms with Crippen LogP contribution in [0.15, 0.2) is 108 Å². The number of carbonyl (C=O) groups excluding carboxylic acids is 2. The highest BCUT2D eigenvalue weighted by Crippen LogP contribution is 2.27. The topological polar surface area (TPSA) is 96.0 Å². The number of rotatable bonds is 13. The van der Waals surface area contributed by atoms with Gasteiger partial charge in [0, 0.05) is 24.6 Å². The molecule has 1 N–H and O–H groups in total. The molecule has 1 saturated carbocycles. The molecule has 1 fully saturated rings. The van der Waals surface area contributed by atoms with Gasteiger partial charge in [-0.3, -0.25) is 13.9 Å². The van der Waals surface area contributed by atoms with Crippen LogP contribution in [0.2, 0.25) is 0 Å². The summed E-state index contributed by atoms with van der Waals surface area (Å²) in [6.45, 7) is 1.03. The molecule has 1 aliphatic carbocycles. The molecule has 8 nitrogen and oxygen atoms in total. The summed E-state index contributed by atoms with van der Waals surface area (Å²) in [6, 6.07) is 27.1. The molecule has 1 atom stereocenters. The Morgan fingerprint density at radius 3 is 2.17 bits per heavy atom. The van der Waals surface area contributed by atoms with Crippen molar-refractivity contribution < 1.29 is 27.1 Å². The number of carbonyl (C=O) groups is 2. The molecule has 0 aliphatic heterocycles. The van der Waals surface area contributed by atoms with E-state index in [-0.39, 0.29) is 41.1 Å². The number of aryl methyl sites for hydroxylation is 1. The molecule has 1 aliphatic rings. The second-order valence-electron chi connectivity index (χ2n) is 11.8. The molecule has 0 aromatic heterocycles. The van der Waals surface area contributed by atoms with Gasteiger partial charge in [-0.2, -0.15) is 0 Å². The minimum absolute atomic E-state index is 0.0225. The molecule has 2 amide bonds. The Bertz CT molecular complexity index is 1760. The van der Waals surface area contributed by atoms with E-state index in [2.05, 4.69) is 5.32 Å². The van der Waals surface area contributed by atoms with Gasteiger partial charge in [0.1, 0.15) is 24.2 Å². The van der Waals surface area contributed by atoms with Crippen LogP contribution in [0.4, 0.5) is 10.1 Å². The fourth-order valence-corrected chi connectivity index (χ4v) is 7.26. The van der Waals surface area contributed by atoms with Crippen LogP contribution >= 0.6 is 0 Å². The third-order valence-corrected chi connectivity index (χ3v) is 10.3. The Morgan fingerprint density at radius 2 is 1.53 bits per heavy atom. The van der Waals surface area contributed by atoms with Crippen molar-refractivity contribution in [1.29, 1.82) is 0 Å².